The van der Waals surface area contributed by atoms with Crippen molar-refractivity contribution in [2.75, 3.05) is 6.54 Å². The van der Waals surface area contributed by atoms with Crippen molar-refractivity contribution in [2.24, 2.45) is 5.10 Å². The lowest BCUT2D eigenvalue weighted by Crippen LogP contribution is -2.34. The highest BCUT2D eigenvalue weighted by Crippen LogP contribution is 2.20. The molecule has 0 bridgehead atoms. The number of carbonyl (C=O) groups is 2. The zero-order chi connectivity index (χ0) is 20.6. The monoisotopic (exact) mass is 391 g/mol. The molecular formula is C21H33N3O4. The number of aromatic hydroxyl groups is 2. The SMILES string of the molecule is CCCCCCCCCCCC(=O)NCC(=O)NN=Cc1ccc(O)cc1O. The number of nitrogens with zero attached hydrogens (tertiary/aromatic N) is 1. The molecular weight excluding hydrogens is 358 g/mol. The van der Waals surface area contributed by atoms with Gasteiger partial charge in [0.25, 0.3) is 5.91 Å². The van der Waals surface area contributed by atoms with E-state index in [-0.39, 0.29) is 24.0 Å². The van der Waals surface area contributed by atoms with Crippen molar-refractivity contribution in [3.8, 4) is 11.5 Å². The van der Waals surface area contributed by atoms with Crippen LogP contribution < -0.4 is 10.7 Å². The van der Waals surface area contributed by atoms with Crippen molar-refractivity contribution in [3.63, 3.8) is 0 Å². The number of phenolic OH excluding ortho intramolecular Hbond substituents is 2. The molecule has 4 N–H and O–H groups in total. The summed E-state index contributed by atoms with van der Waals surface area (Å²) in [6.45, 7) is 2.07. The van der Waals surface area contributed by atoms with Crippen molar-refractivity contribution >= 4 is 18.0 Å². The van der Waals surface area contributed by atoms with Gasteiger partial charge in [0.15, 0.2) is 0 Å². The van der Waals surface area contributed by atoms with E-state index in [2.05, 4.69) is 22.8 Å². The molecule has 1 aromatic rings. The summed E-state index contributed by atoms with van der Waals surface area (Å²) >= 11 is 0. The number of hydrazone groups is 1. The maximum atomic E-state index is 11.7. The summed E-state index contributed by atoms with van der Waals surface area (Å²) in [6, 6.07) is 4.04. The summed E-state index contributed by atoms with van der Waals surface area (Å²) in [5.41, 5.74) is 2.63. The van der Waals surface area contributed by atoms with E-state index in [1.807, 2.05) is 0 Å². The zero-order valence-corrected chi connectivity index (χ0v) is 16.7. The van der Waals surface area contributed by atoms with E-state index in [0.29, 0.717) is 12.0 Å². The molecule has 0 fully saturated rings. The Morgan fingerprint density at radius 2 is 1.61 bits per heavy atom. The Morgan fingerprint density at radius 1 is 0.964 bits per heavy atom. The molecule has 1 rings (SSSR count). The Balaban J connectivity index is 2.06. The van der Waals surface area contributed by atoms with Gasteiger partial charge in [-0.15, -0.1) is 0 Å². The van der Waals surface area contributed by atoms with E-state index in [9.17, 15) is 19.8 Å². The fourth-order valence-electron chi connectivity index (χ4n) is 2.72. The molecule has 0 unspecified atom stereocenters. The molecule has 0 atom stereocenters. The molecule has 0 aliphatic rings. The number of rotatable bonds is 14. The average molecular weight is 392 g/mol. The van der Waals surface area contributed by atoms with Crippen LogP contribution in [-0.4, -0.2) is 34.8 Å². The van der Waals surface area contributed by atoms with Gasteiger partial charge in [0, 0.05) is 18.1 Å². The number of unbranched alkanes of at least 4 members (excludes halogenated alkanes) is 8. The summed E-state index contributed by atoms with van der Waals surface area (Å²) < 4.78 is 0. The number of amides is 2. The van der Waals surface area contributed by atoms with Crippen LogP contribution in [0.3, 0.4) is 0 Å². The number of phenols is 2. The summed E-state index contributed by atoms with van der Waals surface area (Å²) in [7, 11) is 0. The van der Waals surface area contributed by atoms with Gasteiger partial charge in [-0.1, -0.05) is 58.3 Å². The highest BCUT2D eigenvalue weighted by atomic mass is 16.3. The first-order chi connectivity index (χ1) is 13.5. The molecule has 28 heavy (non-hydrogen) atoms. The molecule has 1 aromatic carbocycles. The van der Waals surface area contributed by atoms with Crippen LogP contribution in [-0.2, 0) is 9.59 Å². The van der Waals surface area contributed by atoms with Gasteiger partial charge < -0.3 is 15.5 Å². The van der Waals surface area contributed by atoms with Crippen molar-refractivity contribution < 1.29 is 19.8 Å². The van der Waals surface area contributed by atoms with Gasteiger partial charge in [-0.3, -0.25) is 9.59 Å². The fourth-order valence-corrected chi connectivity index (χ4v) is 2.72. The molecule has 0 radical (unpaired) electrons. The first-order valence-corrected chi connectivity index (χ1v) is 10.1. The van der Waals surface area contributed by atoms with Crippen LogP contribution in [0.15, 0.2) is 23.3 Å². The number of hydrogen-bond acceptors (Lipinski definition) is 5. The smallest absolute Gasteiger partial charge is 0.259 e. The molecule has 0 saturated carbocycles. The van der Waals surface area contributed by atoms with Crippen LogP contribution in [0.2, 0.25) is 0 Å². The second-order valence-corrected chi connectivity index (χ2v) is 6.89. The van der Waals surface area contributed by atoms with Crippen LogP contribution in [0.25, 0.3) is 0 Å². The van der Waals surface area contributed by atoms with Crippen molar-refractivity contribution in [1.82, 2.24) is 10.7 Å². The number of nitrogens with one attached hydrogen (secondary N) is 2. The molecule has 0 aliphatic carbocycles. The van der Waals surface area contributed by atoms with Crippen LogP contribution >= 0.6 is 0 Å². The molecule has 2 amide bonds. The molecule has 0 spiro atoms. The van der Waals surface area contributed by atoms with Crippen LogP contribution in [0.5, 0.6) is 11.5 Å². The predicted molar refractivity (Wildman–Crippen MR) is 110 cm³/mol. The highest BCUT2D eigenvalue weighted by molar-refractivity contribution is 5.87. The standard InChI is InChI=1S/C21H33N3O4/c1-2-3-4-5-6-7-8-9-10-11-20(27)22-16-21(28)24-23-15-17-12-13-18(25)14-19(17)26/h12-15,25-26H,2-11,16H2,1H3,(H,22,27)(H,24,28). The van der Waals surface area contributed by atoms with E-state index in [1.165, 1.54) is 62.9 Å². The van der Waals surface area contributed by atoms with Gasteiger partial charge >= 0.3 is 0 Å². The normalized spacial score (nSPS) is 10.9. The van der Waals surface area contributed by atoms with Gasteiger partial charge in [0.2, 0.25) is 5.91 Å². The topological polar surface area (TPSA) is 111 Å². The van der Waals surface area contributed by atoms with E-state index >= 15 is 0 Å². The van der Waals surface area contributed by atoms with Gasteiger partial charge in [-0.05, 0) is 18.6 Å². The minimum atomic E-state index is -0.449. The fraction of sp³-hybridized carbons (Fsp3) is 0.571. The summed E-state index contributed by atoms with van der Waals surface area (Å²) in [5, 5.41) is 25.1. The highest BCUT2D eigenvalue weighted by Gasteiger charge is 2.05. The minimum Gasteiger partial charge on any atom is -0.508 e. The number of hydrogen-bond donors (Lipinski definition) is 4. The number of benzene rings is 1. The minimum absolute atomic E-state index is 0.0617. The van der Waals surface area contributed by atoms with E-state index < -0.39 is 5.91 Å². The van der Waals surface area contributed by atoms with Crippen LogP contribution in [0.1, 0.15) is 76.7 Å². The average Bonchev–Trinajstić information content (AvgIpc) is 2.67. The quantitative estimate of drug-likeness (QED) is 0.221. The molecule has 156 valence electrons. The zero-order valence-electron chi connectivity index (χ0n) is 16.7. The lowest BCUT2D eigenvalue weighted by molar-refractivity contribution is -0.126. The Hall–Kier alpha value is -2.57. The lowest BCUT2D eigenvalue weighted by Gasteiger charge is -2.05. The van der Waals surface area contributed by atoms with Gasteiger partial charge in [-0.2, -0.15) is 5.10 Å². The maximum Gasteiger partial charge on any atom is 0.259 e. The van der Waals surface area contributed by atoms with Crippen molar-refractivity contribution in [2.45, 2.75) is 71.1 Å². The third-order valence-corrected chi connectivity index (χ3v) is 4.36. The van der Waals surface area contributed by atoms with Gasteiger partial charge in [-0.25, -0.2) is 5.43 Å². The second kappa shape index (κ2) is 14.5. The molecule has 0 aromatic heterocycles. The Kier molecular flexibility index (Phi) is 12.1. The van der Waals surface area contributed by atoms with Crippen molar-refractivity contribution in [3.05, 3.63) is 23.8 Å². The molecule has 0 heterocycles. The largest absolute Gasteiger partial charge is 0.508 e. The molecule has 7 nitrogen and oxygen atoms in total. The van der Waals surface area contributed by atoms with Crippen molar-refractivity contribution in [1.29, 1.82) is 0 Å². The van der Waals surface area contributed by atoms with Crippen LogP contribution in [0, 0.1) is 0 Å². The van der Waals surface area contributed by atoms with Gasteiger partial charge in [0.05, 0.1) is 12.8 Å². The Bertz CT molecular complexity index is 632. The first kappa shape index (κ1) is 23.5. The summed E-state index contributed by atoms with van der Waals surface area (Å²) in [5.74, 6) is -0.797. The van der Waals surface area contributed by atoms with Gasteiger partial charge in [0.1, 0.15) is 11.5 Å². The van der Waals surface area contributed by atoms with Crippen LogP contribution in [0.4, 0.5) is 0 Å². The molecule has 0 aliphatic heterocycles. The molecule has 7 heteroatoms. The third kappa shape index (κ3) is 11.2. The van der Waals surface area contributed by atoms with E-state index in [1.54, 1.807) is 0 Å². The second-order valence-electron chi connectivity index (χ2n) is 6.89. The molecule has 0 saturated heterocycles. The lowest BCUT2D eigenvalue weighted by atomic mass is 10.1. The Morgan fingerprint density at radius 3 is 2.25 bits per heavy atom. The predicted octanol–water partition coefficient (Wildman–Crippen LogP) is 3.59. The summed E-state index contributed by atoms with van der Waals surface area (Å²) in [6.07, 6.45) is 12.4. The third-order valence-electron chi connectivity index (χ3n) is 4.36. The summed E-state index contributed by atoms with van der Waals surface area (Å²) in [4.78, 5) is 23.4. The maximum absolute atomic E-state index is 11.7. The first-order valence-electron chi connectivity index (χ1n) is 10.1. The number of carbonyl (C=O) groups excluding carboxylic acids is 2. The van der Waals surface area contributed by atoms with E-state index in [4.69, 9.17) is 0 Å². The van der Waals surface area contributed by atoms with E-state index in [0.717, 1.165) is 19.3 Å². The Labute approximate surface area is 167 Å².